The number of ether oxygens (including phenoxy) is 1. The number of rotatable bonds is 7. The van der Waals surface area contributed by atoms with Crippen molar-refractivity contribution in [2.75, 3.05) is 51.1 Å². The molecule has 0 unspecified atom stereocenters. The van der Waals surface area contributed by atoms with E-state index in [-0.39, 0.29) is 18.4 Å². The Balaban J connectivity index is 3.15. The smallest absolute Gasteiger partial charge is 0.256 e. The van der Waals surface area contributed by atoms with E-state index in [0.717, 1.165) is 5.69 Å². The summed E-state index contributed by atoms with van der Waals surface area (Å²) in [6, 6.07) is 5.32. The second-order valence-electron chi connectivity index (χ2n) is 5.08. The van der Waals surface area contributed by atoms with E-state index < -0.39 is 0 Å². The zero-order valence-electron chi connectivity index (χ0n) is 14.0. The van der Waals surface area contributed by atoms with Crippen LogP contribution >= 0.6 is 0 Å². The minimum Gasteiger partial charge on any atom is -0.377 e. The molecule has 22 heavy (non-hydrogen) atoms. The van der Waals surface area contributed by atoms with Crippen LogP contribution in [0, 0.1) is 0 Å². The molecule has 0 saturated heterocycles. The van der Waals surface area contributed by atoms with Crippen LogP contribution in [-0.2, 0) is 9.53 Å². The van der Waals surface area contributed by atoms with E-state index in [1.165, 1.54) is 7.11 Å². The second kappa shape index (κ2) is 8.38. The Labute approximate surface area is 132 Å². The van der Waals surface area contributed by atoms with Crippen molar-refractivity contribution in [3.8, 4) is 0 Å². The molecule has 0 aliphatic heterocycles. The average Bonchev–Trinajstić information content (AvgIpc) is 2.48. The molecule has 1 aromatic rings. The molecule has 6 heteroatoms. The molecule has 6 nitrogen and oxygen atoms in total. The third-order valence-corrected chi connectivity index (χ3v) is 3.32. The summed E-state index contributed by atoms with van der Waals surface area (Å²) in [6.07, 6.45) is 0. The normalized spacial score (nSPS) is 10.2. The fourth-order valence-electron chi connectivity index (χ4n) is 2.18. The Morgan fingerprint density at radius 1 is 1.18 bits per heavy atom. The van der Waals surface area contributed by atoms with E-state index >= 15 is 0 Å². The molecule has 0 fully saturated rings. The molecule has 0 spiro atoms. The number of amides is 2. The van der Waals surface area contributed by atoms with Gasteiger partial charge in [0.15, 0.2) is 0 Å². The number of nitrogens with zero attached hydrogens (tertiary/aromatic N) is 2. The van der Waals surface area contributed by atoms with E-state index in [2.05, 4.69) is 5.32 Å². The van der Waals surface area contributed by atoms with Gasteiger partial charge in [0.1, 0.15) is 6.61 Å². The summed E-state index contributed by atoms with van der Waals surface area (Å²) in [5, 5.41) is 2.73. The highest BCUT2D eigenvalue weighted by Crippen LogP contribution is 2.24. The summed E-state index contributed by atoms with van der Waals surface area (Å²) in [5.74, 6) is -0.294. The number of methoxy groups -OCH3 is 1. The SMILES string of the molecule is CCN(CC)C(=O)c1cc(NC(=O)COC)ccc1N(C)C. The van der Waals surface area contributed by atoms with Gasteiger partial charge in [0.05, 0.1) is 5.56 Å². The molecule has 0 aliphatic carbocycles. The predicted molar refractivity (Wildman–Crippen MR) is 88.5 cm³/mol. The van der Waals surface area contributed by atoms with Crippen molar-refractivity contribution < 1.29 is 14.3 Å². The van der Waals surface area contributed by atoms with Gasteiger partial charge < -0.3 is 19.9 Å². The van der Waals surface area contributed by atoms with Gasteiger partial charge in [-0.15, -0.1) is 0 Å². The van der Waals surface area contributed by atoms with Crippen LogP contribution in [0.2, 0.25) is 0 Å². The Morgan fingerprint density at radius 2 is 1.82 bits per heavy atom. The van der Waals surface area contributed by atoms with Gasteiger partial charge in [-0.2, -0.15) is 0 Å². The van der Waals surface area contributed by atoms with Gasteiger partial charge in [0, 0.05) is 45.7 Å². The molecule has 0 atom stereocenters. The first-order chi connectivity index (χ1) is 10.4. The van der Waals surface area contributed by atoms with Crippen molar-refractivity contribution in [1.82, 2.24) is 4.90 Å². The van der Waals surface area contributed by atoms with Gasteiger partial charge in [0.25, 0.3) is 5.91 Å². The van der Waals surface area contributed by atoms with E-state index in [0.29, 0.717) is 24.3 Å². The molecule has 2 amide bonds. The fraction of sp³-hybridized carbons (Fsp3) is 0.500. The summed E-state index contributed by atoms with van der Waals surface area (Å²) in [6.45, 7) is 5.15. The highest BCUT2D eigenvalue weighted by Gasteiger charge is 2.18. The minimum absolute atomic E-state index is 0.0191. The number of benzene rings is 1. The van der Waals surface area contributed by atoms with Gasteiger partial charge in [-0.1, -0.05) is 0 Å². The van der Waals surface area contributed by atoms with Crippen LogP contribution in [0.3, 0.4) is 0 Å². The van der Waals surface area contributed by atoms with Crippen LogP contribution in [0.1, 0.15) is 24.2 Å². The third-order valence-electron chi connectivity index (χ3n) is 3.32. The molecule has 122 valence electrons. The monoisotopic (exact) mass is 307 g/mol. The van der Waals surface area contributed by atoms with Crippen molar-refractivity contribution in [3.63, 3.8) is 0 Å². The highest BCUT2D eigenvalue weighted by molar-refractivity contribution is 6.02. The molecule has 0 aliphatic rings. The summed E-state index contributed by atoms with van der Waals surface area (Å²) >= 11 is 0. The zero-order chi connectivity index (χ0) is 16.7. The summed E-state index contributed by atoms with van der Waals surface area (Å²) in [5.41, 5.74) is 1.98. The molecule has 0 heterocycles. The van der Waals surface area contributed by atoms with Crippen molar-refractivity contribution in [2.24, 2.45) is 0 Å². The van der Waals surface area contributed by atoms with Crippen molar-refractivity contribution >= 4 is 23.2 Å². The molecular formula is C16H25N3O3. The van der Waals surface area contributed by atoms with Gasteiger partial charge in [-0.05, 0) is 32.0 Å². The Morgan fingerprint density at radius 3 is 2.32 bits per heavy atom. The maximum atomic E-state index is 12.7. The molecular weight excluding hydrogens is 282 g/mol. The number of anilines is 2. The summed E-state index contributed by atoms with van der Waals surface area (Å²) in [4.78, 5) is 27.9. The third kappa shape index (κ3) is 4.46. The summed E-state index contributed by atoms with van der Waals surface area (Å²) < 4.78 is 4.79. The van der Waals surface area contributed by atoms with Crippen LogP contribution < -0.4 is 10.2 Å². The lowest BCUT2D eigenvalue weighted by molar-refractivity contribution is -0.119. The molecule has 0 aromatic heterocycles. The van der Waals surface area contributed by atoms with E-state index in [1.54, 1.807) is 17.0 Å². The van der Waals surface area contributed by atoms with Crippen molar-refractivity contribution in [1.29, 1.82) is 0 Å². The van der Waals surface area contributed by atoms with Crippen molar-refractivity contribution in [3.05, 3.63) is 23.8 Å². The number of carbonyl (C=O) groups is 2. The van der Waals surface area contributed by atoms with Crippen LogP contribution in [0.15, 0.2) is 18.2 Å². The molecule has 0 saturated carbocycles. The lowest BCUT2D eigenvalue weighted by Gasteiger charge is -2.23. The quantitative estimate of drug-likeness (QED) is 0.834. The first kappa shape index (κ1) is 18.0. The first-order valence-corrected chi connectivity index (χ1v) is 7.34. The van der Waals surface area contributed by atoms with Gasteiger partial charge in [0.2, 0.25) is 5.91 Å². The Bertz CT molecular complexity index is 525. The number of carbonyl (C=O) groups excluding carboxylic acids is 2. The number of nitrogens with one attached hydrogen (secondary N) is 1. The highest BCUT2D eigenvalue weighted by atomic mass is 16.5. The second-order valence-corrected chi connectivity index (χ2v) is 5.08. The van der Waals surface area contributed by atoms with Gasteiger partial charge >= 0.3 is 0 Å². The van der Waals surface area contributed by atoms with E-state index in [9.17, 15) is 9.59 Å². The number of hydrogen-bond donors (Lipinski definition) is 1. The van der Waals surface area contributed by atoms with E-state index in [4.69, 9.17) is 4.74 Å². The predicted octanol–water partition coefficient (Wildman–Crippen LogP) is 1.82. The van der Waals surface area contributed by atoms with Gasteiger partial charge in [-0.25, -0.2) is 0 Å². The van der Waals surface area contributed by atoms with Crippen LogP contribution in [0.25, 0.3) is 0 Å². The lowest BCUT2D eigenvalue weighted by atomic mass is 10.1. The van der Waals surface area contributed by atoms with Crippen LogP contribution in [0.5, 0.6) is 0 Å². The number of hydrogen-bond acceptors (Lipinski definition) is 4. The fourth-order valence-corrected chi connectivity index (χ4v) is 2.18. The largest absolute Gasteiger partial charge is 0.377 e. The van der Waals surface area contributed by atoms with Crippen LogP contribution in [-0.4, -0.2) is 57.6 Å². The summed E-state index contributed by atoms with van der Waals surface area (Å²) in [7, 11) is 5.24. The molecule has 0 radical (unpaired) electrons. The van der Waals surface area contributed by atoms with Crippen LogP contribution in [0.4, 0.5) is 11.4 Å². The maximum Gasteiger partial charge on any atom is 0.256 e. The molecule has 1 N–H and O–H groups in total. The van der Waals surface area contributed by atoms with E-state index in [1.807, 2.05) is 38.9 Å². The zero-order valence-corrected chi connectivity index (χ0v) is 14.0. The lowest BCUT2D eigenvalue weighted by Crippen LogP contribution is -2.32. The van der Waals surface area contributed by atoms with Gasteiger partial charge in [-0.3, -0.25) is 9.59 Å². The molecule has 0 bridgehead atoms. The standard InChI is InChI=1S/C16H25N3O3/c1-6-19(7-2)16(21)13-10-12(17-15(20)11-22-5)8-9-14(13)18(3)4/h8-10H,6-7,11H2,1-5H3,(H,17,20). The molecule has 1 rings (SSSR count). The molecule has 1 aromatic carbocycles. The topological polar surface area (TPSA) is 61.9 Å². The Kier molecular flexibility index (Phi) is 6.85. The minimum atomic E-state index is -0.249. The van der Waals surface area contributed by atoms with Crippen molar-refractivity contribution in [2.45, 2.75) is 13.8 Å². The average molecular weight is 307 g/mol. The maximum absolute atomic E-state index is 12.7. The first-order valence-electron chi connectivity index (χ1n) is 7.34. The Hall–Kier alpha value is -2.08.